The van der Waals surface area contributed by atoms with E-state index in [1.54, 1.807) is 0 Å². The number of halogens is 1. The lowest BCUT2D eigenvalue weighted by atomic mass is 9.94. The number of likely N-dealkylation sites (N-methyl/N-ethyl adjacent to an activating group) is 1. The first-order valence-electron chi connectivity index (χ1n) is 7.41. The fourth-order valence-electron chi connectivity index (χ4n) is 2.46. The summed E-state index contributed by atoms with van der Waals surface area (Å²) in [5.41, 5.74) is 6.12. The Hall–Kier alpha value is -1.64. The molecule has 2 nitrogen and oxygen atoms in total. The molecule has 2 aromatic rings. The van der Waals surface area contributed by atoms with Gasteiger partial charge in [0.2, 0.25) is 0 Å². The average molecular weight is 317 g/mol. The molecule has 3 heteroatoms. The van der Waals surface area contributed by atoms with Crippen molar-refractivity contribution in [3.05, 3.63) is 70.8 Å². The van der Waals surface area contributed by atoms with Gasteiger partial charge in [0.1, 0.15) is 0 Å². The molecule has 118 valence electrons. The topological polar surface area (TPSA) is 15.6 Å². The van der Waals surface area contributed by atoms with Gasteiger partial charge in [-0.2, -0.15) is 0 Å². The van der Waals surface area contributed by atoms with Crippen molar-refractivity contribution >= 4 is 18.1 Å². The van der Waals surface area contributed by atoms with Gasteiger partial charge in [0, 0.05) is 17.7 Å². The van der Waals surface area contributed by atoms with Gasteiger partial charge in [-0.15, -0.1) is 12.4 Å². The third kappa shape index (κ3) is 4.69. The van der Waals surface area contributed by atoms with Crippen LogP contribution >= 0.6 is 12.4 Å². The van der Waals surface area contributed by atoms with Crippen molar-refractivity contribution in [2.24, 2.45) is 4.99 Å². The fraction of sp³-hybridized carbons (Fsp3) is 0.316. The highest BCUT2D eigenvalue weighted by molar-refractivity contribution is 6.14. The smallest absolute Gasteiger partial charge is 0.0724 e. The molecule has 0 unspecified atom stereocenters. The number of nitrogens with zero attached hydrogens (tertiary/aromatic N) is 2. The van der Waals surface area contributed by atoms with Crippen molar-refractivity contribution in [3.8, 4) is 0 Å². The molecule has 0 aliphatic carbocycles. The van der Waals surface area contributed by atoms with Gasteiger partial charge in [0.25, 0.3) is 0 Å². The third-order valence-electron chi connectivity index (χ3n) is 3.58. The minimum absolute atomic E-state index is 0. The van der Waals surface area contributed by atoms with Crippen LogP contribution in [0.5, 0.6) is 0 Å². The molecular weight excluding hydrogens is 292 g/mol. The van der Waals surface area contributed by atoms with Gasteiger partial charge in [-0.1, -0.05) is 48.5 Å². The zero-order valence-electron chi connectivity index (χ0n) is 13.8. The summed E-state index contributed by atoms with van der Waals surface area (Å²) in [5, 5.41) is 0. The van der Waals surface area contributed by atoms with Crippen LogP contribution in [0.25, 0.3) is 0 Å². The van der Waals surface area contributed by atoms with E-state index in [9.17, 15) is 0 Å². The molecule has 0 amide bonds. The Morgan fingerprint density at radius 2 is 1.50 bits per heavy atom. The van der Waals surface area contributed by atoms with Crippen molar-refractivity contribution in [2.45, 2.75) is 13.8 Å². The Bertz CT molecular complexity index is 598. The Morgan fingerprint density at radius 1 is 0.909 bits per heavy atom. The standard InChI is InChI=1S/C19H24N2.ClH/c1-15-9-8-10-16(2)18(15)19(20-13-14-21(3)4)17-11-6-5-7-12-17;/h5-12H,13-14H2,1-4H3;1H. The van der Waals surface area contributed by atoms with Crippen LogP contribution in [0.15, 0.2) is 53.5 Å². The van der Waals surface area contributed by atoms with Crippen molar-refractivity contribution in [1.82, 2.24) is 4.90 Å². The molecule has 0 saturated heterocycles. The van der Waals surface area contributed by atoms with Gasteiger partial charge < -0.3 is 4.90 Å². The van der Waals surface area contributed by atoms with E-state index in [0.29, 0.717) is 0 Å². The lowest BCUT2D eigenvalue weighted by Gasteiger charge is -2.14. The summed E-state index contributed by atoms with van der Waals surface area (Å²) >= 11 is 0. The van der Waals surface area contributed by atoms with Gasteiger partial charge in [0.15, 0.2) is 0 Å². The summed E-state index contributed by atoms with van der Waals surface area (Å²) < 4.78 is 0. The predicted molar refractivity (Wildman–Crippen MR) is 98.7 cm³/mol. The molecule has 0 fully saturated rings. The van der Waals surface area contributed by atoms with Crippen LogP contribution in [0.3, 0.4) is 0 Å². The van der Waals surface area contributed by atoms with Gasteiger partial charge in [-0.3, -0.25) is 4.99 Å². The number of hydrogen-bond acceptors (Lipinski definition) is 2. The van der Waals surface area contributed by atoms with Crippen molar-refractivity contribution in [2.75, 3.05) is 27.2 Å². The van der Waals surface area contributed by atoms with Gasteiger partial charge in [0.05, 0.1) is 12.3 Å². The molecular formula is C19H25ClN2. The minimum atomic E-state index is 0. The molecule has 0 radical (unpaired) electrons. The first kappa shape index (κ1) is 18.4. The highest BCUT2D eigenvalue weighted by atomic mass is 35.5. The van der Waals surface area contributed by atoms with Crippen LogP contribution < -0.4 is 0 Å². The minimum Gasteiger partial charge on any atom is -0.308 e. The van der Waals surface area contributed by atoms with Crippen LogP contribution in [-0.2, 0) is 0 Å². The molecule has 0 saturated carbocycles. The van der Waals surface area contributed by atoms with E-state index >= 15 is 0 Å². The fourth-order valence-corrected chi connectivity index (χ4v) is 2.46. The monoisotopic (exact) mass is 316 g/mol. The highest BCUT2D eigenvalue weighted by Crippen LogP contribution is 2.19. The summed E-state index contributed by atoms with van der Waals surface area (Å²) in [5.74, 6) is 0. The first-order valence-corrected chi connectivity index (χ1v) is 7.41. The zero-order chi connectivity index (χ0) is 15.2. The lowest BCUT2D eigenvalue weighted by molar-refractivity contribution is 0.420. The van der Waals surface area contributed by atoms with E-state index in [1.807, 2.05) is 6.07 Å². The number of benzene rings is 2. The van der Waals surface area contributed by atoms with Crippen LogP contribution in [0.1, 0.15) is 22.3 Å². The van der Waals surface area contributed by atoms with E-state index in [4.69, 9.17) is 4.99 Å². The van der Waals surface area contributed by atoms with Gasteiger partial charge in [-0.05, 0) is 39.1 Å². The normalized spacial score (nSPS) is 11.4. The van der Waals surface area contributed by atoms with Gasteiger partial charge in [-0.25, -0.2) is 0 Å². The van der Waals surface area contributed by atoms with Crippen LogP contribution in [0.2, 0.25) is 0 Å². The average Bonchev–Trinajstić information content (AvgIpc) is 2.46. The summed E-state index contributed by atoms with van der Waals surface area (Å²) in [6.07, 6.45) is 0. The Kier molecular flexibility index (Phi) is 7.30. The van der Waals surface area contributed by atoms with Crippen LogP contribution in [0, 0.1) is 13.8 Å². The predicted octanol–water partition coefficient (Wildman–Crippen LogP) is 4.12. The second-order valence-electron chi connectivity index (χ2n) is 5.67. The van der Waals surface area contributed by atoms with E-state index in [0.717, 1.165) is 18.8 Å². The van der Waals surface area contributed by atoms with Crippen molar-refractivity contribution in [1.29, 1.82) is 0 Å². The zero-order valence-corrected chi connectivity index (χ0v) is 14.7. The molecule has 2 rings (SSSR count). The quantitative estimate of drug-likeness (QED) is 0.757. The molecule has 0 heterocycles. The SMILES string of the molecule is Cc1cccc(C)c1C(=NCCN(C)C)c1ccccc1.Cl. The molecule has 2 aromatic carbocycles. The number of rotatable bonds is 5. The second kappa shape index (κ2) is 8.72. The summed E-state index contributed by atoms with van der Waals surface area (Å²) in [4.78, 5) is 7.06. The van der Waals surface area contributed by atoms with E-state index < -0.39 is 0 Å². The second-order valence-corrected chi connectivity index (χ2v) is 5.67. The lowest BCUT2D eigenvalue weighted by Crippen LogP contribution is -2.17. The number of hydrogen-bond donors (Lipinski definition) is 0. The van der Waals surface area contributed by atoms with E-state index in [-0.39, 0.29) is 12.4 Å². The molecule has 0 bridgehead atoms. The van der Waals surface area contributed by atoms with E-state index in [2.05, 4.69) is 75.3 Å². The maximum absolute atomic E-state index is 4.90. The number of aryl methyl sites for hydroxylation is 2. The molecule has 0 aromatic heterocycles. The molecule has 0 spiro atoms. The Balaban J connectivity index is 0.00000242. The Morgan fingerprint density at radius 3 is 2.05 bits per heavy atom. The molecule has 0 aliphatic rings. The molecule has 0 aliphatic heterocycles. The maximum atomic E-state index is 4.90. The van der Waals surface area contributed by atoms with Crippen LogP contribution in [0.4, 0.5) is 0 Å². The van der Waals surface area contributed by atoms with Gasteiger partial charge >= 0.3 is 0 Å². The summed E-state index contributed by atoms with van der Waals surface area (Å²) in [6.45, 7) is 6.09. The number of aliphatic imine (C=N–C) groups is 1. The summed E-state index contributed by atoms with van der Waals surface area (Å²) in [7, 11) is 4.16. The largest absolute Gasteiger partial charge is 0.308 e. The maximum Gasteiger partial charge on any atom is 0.0724 e. The molecule has 0 atom stereocenters. The summed E-state index contributed by atoms with van der Waals surface area (Å²) in [6, 6.07) is 16.9. The third-order valence-corrected chi connectivity index (χ3v) is 3.58. The molecule has 0 N–H and O–H groups in total. The van der Waals surface area contributed by atoms with Crippen LogP contribution in [-0.4, -0.2) is 37.8 Å². The Labute approximate surface area is 140 Å². The van der Waals surface area contributed by atoms with E-state index in [1.165, 1.54) is 22.3 Å². The van der Waals surface area contributed by atoms with Crippen molar-refractivity contribution < 1.29 is 0 Å². The first-order chi connectivity index (χ1) is 10.1. The molecule has 22 heavy (non-hydrogen) atoms. The highest BCUT2D eigenvalue weighted by Gasteiger charge is 2.11. The van der Waals surface area contributed by atoms with Crippen molar-refractivity contribution in [3.63, 3.8) is 0 Å².